The summed E-state index contributed by atoms with van der Waals surface area (Å²) in [6.45, 7) is 0. The van der Waals surface area contributed by atoms with Crippen molar-refractivity contribution in [2.75, 3.05) is 0 Å². The highest BCUT2D eigenvalue weighted by Crippen LogP contribution is 2.49. The molecule has 1 aromatic heterocycles. The molecule has 0 N–H and O–H groups in total. The fourth-order valence-corrected chi connectivity index (χ4v) is 6.27. The normalized spacial score (nSPS) is 15.9. The van der Waals surface area contributed by atoms with Crippen LogP contribution in [0.1, 0.15) is 19.2 Å². The van der Waals surface area contributed by atoms with Gasteiger partial charge >= 0.3 is 0 Å². The van der Waals surface area contributed by atoms with Crippen molar-refractivity contribution >= 4 is 43.5 Å². The van der Waals surface area contributed by atoms with Crippen LogP contribution in [-0.2, 0) is 0 Å². The molecule has 0 bridgehead atoms. The van der Waals surface area contributed by atoms with Gasteiger partial charge in [-0.25, -0.2) is 0 Å². The standard InChI is InChI=1S/C44H28O/c1-3-15-29(16-4-1)31-27-39(44-38-25-13-14-26-40(38)45-41(44)28-31)43-36-23-11-9-21-34(36)42(35-22-10-12-24-37(35)43)33-20-8-7-19-32(33)30-17-5-2-6-18-30/h1-28H/i1D,2D,3D,4D,9D,10D,11D,12D,15D,16D,21D,22D,23D,24D. The molecule has 1 heteroatoms. The summed E-state index contributed by atoms with van der Waals surface area (Å²) < 4.78 is 131. The summed E-state index contributed by atoms with van der Waals surface area (Å²) in [6.07, 6.45) is 0. The predicted molar refractivity (Wildman–Crippen MR) is 190 cm³/mol. The SMILES string of the molecule is [2H]c1ccc(-c2ccccc2-c2c3c([2H])c([2H])c([2H])c([2H])c3c(-c3cc(-c4c([2H])c([2H])c([2H])c([2H])c4[2H])cc4oc5ccccc5c34)c3c([2H])c([2H])c([2H])c([2H])c23)cc1. The van der Waals surface area contributed by atoms with Gasteiger partial charge in [-0.05, 0) is 84.3 Å². The topological polar surface area (TPSA) is 13.1 Å². The number of furan rings is 1. The number of benzene rings is 8. The quantitative estimate of drug-likeness (QED) is 0.187. The molecule has 0 aliphatic heterocycles. The van der Waals surface area contributed by atoms with Gasteiger partial charge in [-0.15, -0.1) is 0 Å². The smallest absolute Gasteiger partial charge is 0.136 e. The van der Waals surface area contributed by atoms with Gasteiger partial charge in [0, 0.05) is 10.8 Å². The van der Waals surface area contributed by atoms with E-state index in [0.29, 0.717) is 33.0 Å². The average molecular weight is 587 g/mol. The lowest BCUT2D eigenvalue weighted by atomic mass is 9.82. The van der Waals surface area contributed by atoms with Crippen molar-refractivity contribution in [3.63, 3.8) is 0 Å². The molecule has 0 aliphatic rings. The van der Waals surface area contributed by atoms with Crippen LogP contribution in [0, 0.1) is 0 Å². The van der Waals surface area contributed by atoms with Crippen LogP contribution in [-0.4, -0.2) is 0 Å². The monoisotopic (exact) mass is 586 g/mol. The molecule has 0 spiro atoms. The van der Waals surface area contributed by atoms with Gasteiger partial charge in [-0.3, -0.25) is 0 Å². The number of fused-ring (bicyclic) bond motifs is 5. The Balaban J connectivity index is 1.59. The first-order valence-corrected chi connectivity index (χ1v) is 14.3. The summed E-state index contributed by atoms with van der Waals surface area (Å²) in [5, 5.41) is 0.780. The summed E-state index contributed by atoms with van der Waals surface area (Å²) in [6, 6.07) is 17.1. The number of rotatable bonds is 4. The third-order valence-corrected chi connectivity index (χ3v) is 8.14. The molecule has 0 atom stereocenters. The zero-order valence-electron chi connectivity index (χ0n) is 37.5. The molecule has 9 aromatic rings. The molecule has 0 aliphatic carbocycles. The van der Waals surface area contributed by atoms with Crippen molar-refractivity contribution < 1.29 is 23.6 Å². The van der Waals surface area contributed by atoms with Gasteiger partial charge in [0.15, 0.2) is 0 Å². The lowest BCUT2D eigenvalue weighted by Gasteiger charge is -2.20. The van der Waals surface area contributed by atoms with Gasteiger partial charge in [-0.1, -0.05) is 151 Å². The third kappa shape index (κ3) is 4.09. The van der Waals surface area contributed by atoms with E-state index < -0.39 is 78.6 Å². The highest BCUT2D eigenvalue weighted by atomic mass is 16.3. The molecule has 0 radical (unpaired) electrons. The average Bonchev–Trinajstić information content (AvgIpc) is 3.62. The van der Waals surface area contributed by atoms with Crippen LogP contribution in [0.4, 0.5) is 0 Å². The highest BCUT2D eigenvalue weighted by Gasteiger charge is 2.22. The largest absolute Gasteiger partial charge is 0.456 e. The Morgan fingerprint density at radius 3 is 1.64 bits per heavy atom. The lowest BCUT2D eigenvalue weighted by molar-refractivity contribution is 0.669. The van der Waals surface area contributed by atoms with Crippen molar-refractivity contribution in [1.29, 1.82) is 0 Å². The van der Waals surface area contributed by atoms with Crippen LogP contribution in [0.15, 0.2) is 174 Å². The third-order valence-electron chi connectivity index (χ3n) is 8.14. The van der Waals surface area contributed by atoms with E-state index in [1.165, 1.54) is 12.1 Å². The highest BCUT2D eigenvalue weighted by molar-refractivity contribution is 6.26. The Labute approximate surface area is 281 Å². The zero-order valence-corrected chi connectivity index (χ0v) is 23.5. The summed E-state index contributed by atoms with van der Waals surface area (Å²) in [7, 11) is 0. The van der Waals surface area contributed by atoms with Crippen molar-refractivity contribution in [3.05, 3.63) is 170 Å². The fourth-order valence-electron chi connectivity index (χ4n) is 6.27. The van der Waals surface area contributed by atoms with E-state index in [2.05, 4.69) is 0 Å². The maximum atomic E-state index is 9.55. The molecule has 1 nitrogen and oxygen atoms in total. The molecule has 0 amide bonds. The zero-order chi connectivity index (χ0) is 41.9. The van der Waals surface area contributed by atoms with Crippen LogP contribution >= 0.6 is 0 Å². The summed E-state index contributed by atoms with van der Waals surface area (Å²) in [5.74, 6) is 0. The Bertz CT molecular complexity index is 3210. The number of hydrogen-bond acceptors (Lipinski definition) is 1. The van der Waals surface area contributed by atoms with E-state index in [0.717, 1.165) is 0 Å². The van der Waals surface area contributed by atoms with Crippen LogP contribution in [0.25, 0.3) is 88.0 Å². The van der Waals surface area contributed by atoms with E-state index >= 15 is 0 Å². The number of para-hydroxylation sites is 1. The van der Waals surface area contributed by atoms with Gasteiger partial charge < -0.3 is 4.42 Å². The van der Waals surface area contributed by atoms with Gasteiger partial charge in [-0.2, -0.15) is 0 Å². The fraction of sp³-hybridized carbons (Fsp3) is 0. The van der Waals surface area contributed by atoms with Crippen molar-refractivity contribution in [1.82, 2.24) is 0 Å². The van der Waals surface area contributed by atoms with Crippen molar-refractivity contribution in [2.45, 2.75) is 0 Å². The lowest BCUT2D eigenvalue weighted by Crippen LogP contribution is -1.93. The minimum atomic E-state index is -0.593. The van der Waals surface area contributed by atoms with Gasteiger partial charge in [0.1, 0.15) is 11.2 Å². The minimum absolute atomic E-state index is 0.0135. The first-order chi connectivity index (χ1) is 28.1. The van der Waals surface area contributed by atoms with Gasteiger partial charge in [0.05, 0.1) is 19.2 Å². The maximum absolute atomic E-state index is 9.55. The second-order valence-electron chi connectivity index (χ2n) is 10.6. The predicted octanol–water partition coefficient (Wildman–Crippen LogP) is 12.6. The van der Waals surface area contributed by atoms with Gasteiger partial charge in [0.2, 0.25) is 0 Å². The molecule has 9 rings (SSSR count). The Hall–Kier alpha value is -5.92. The Morgan fingerprint density at radius 2 is 0.956 bits per heavy atom. The van der Waals surface area contributed by atoms with Crippen LogP contribution in [0.2, 0.25) is 0 Å². The molecule has 0 unspecified atom stereocenters. The molecule has 210 valence electrons. The van der Waals surface area contributed by atoms with E-state index in [1.54, 1.807) is 72.8 Å². The van der Waals surface area contributed by atoms with E-state index in [4.69, 9.17) is 18.1 Å². The second kappa shape index (κ2) is 10.4. The maximum Gasteiger partial charge on any atom is 0.136 e. The van der Waals surface area contributed by atoms with Crippen LogP contribution in [0.5, 0.6) is 0 Å². The summed E-state index contributed by atoms with van der Waals surface area (Å²) >= 11 is 0. The summed E-state index contributed by atoms with van der Waals surface area (Å²) in [4.78, 5) is 0. The number of hydrogen-bond donors (Lipinski definition) is 0. The molecule has 1 heterocycles. The molecule has 0 saturated carbocycles. The molecule has 0 fully saturated rings. The Morgan fingerprint density at radius 1 is 0.378 bits per heavy atom. The first kappa shape index (κ1) is 15.2. The summed E-state index contributed by atoms with van der Waals surface area (Å²) in [5.41, 5.74) is 2.52. The molecular weight excluding hydrogens is 544 g/mol. The molecule has 0 saturated heterocycles. The Kier molecular flexibility index (Phi) is 3.50. The second-order valence-corrected chi connectivity index (χ2v) is 10.6. The van der Waals surface area contributed by atoms with E-state index in [9.17, 15) is 5.48 Å². The first-order valence-electron chi connectivity index (χ1n) is 21.3. The minimum Gasteiger partial charge on any atom is -0.456 e. The van der Waals surface area contributed by atoms with Gasteiger partial charge in [0.25, 0.3) is 0 Å². The van der Waals surface area contributed by atoms with Crippen LogP contribution < -0.4 is 0 Å². The van der Waals surface area contributed by atoms with E-state index in [1.807, 2.05) is 0 Å². The van der Waals surface area contributed by atoms with Crippen molar-refractivity contribution in [2.24, 2.45) is 0 Å². The molecule has 45 heavy (non-hydrogen) atoms. The van der Waals surface area contributed by atoms with Crippen molar-refractivity contribution in [3.8, 4) is 44.5 Å². The van der Waals surface area contributed by atoms with E-state index in [-0.39, 0.29) is 61.0 Å². The molecule has 8 aromatic carbocycles. The van der Waals surface area contributed by atoms with Crippen LogP contribution in [0.3, 0.4) is 0 Å². The molecular formula is C44H28O.